The van der Waals surface area contributed by atoms with Crippen molar-refractivity contribution in [1.29, 1.82) is 0 Å². The second-order valence-corrected chi connectivity index (χ2v) is 7.33. The summed E-state index contributed by atoms with van der Waals surface area (Å²) in [5, 5.41) is 5.66. The Kier molecular flexibility index (Phi) is 6.17. The normalized spacial score (nSPS) is 13.5. The molecule has 1 fully saturated rings. The Morgan fingerprint density at radius 3 is 2.12 bits per heavy atom. The molecule has 1 aliphatic rings. The number of thioether (sulfide) groups is 1. The minimum Gasteiger partial charge on any atom is -0.372 e. The third-order valence-electron chi connectivity index (χ3n) is 4.17. The maximum absolute atomic E-state index is 12.1. The van der Waals surface area contributed by atoms with Crippen molar-refractivity contribution in [2.45, 2.75) is 24.7 Å². The molecule has 2 aromatic rings. The fourth-order valence-electron chi connectivity index (χ4n) is 2.91. The number of carbonyl (C=O) groups is 2. The van der Waals surface area contributed by atoms with Gasteiger partial charge in [-0.2, -0.15) is 0 Å². The molecule has 1 heterocycles. The fraction of sp³-hybridized carbons (Fsp3) is 0.300. The van der Waals surface area contributed by atoms with Gasteiger partial charge >= 0.3 is 0 Å². The lowest BCUT2D eigenvalue weighted by molar-refractivity contribution is -0.114. The number of nitrogens with zero attached hydrogens (tertiary/aromatic N) is 1. The van der Waals surface area contributed by atoms with Gasteiger partial charge in [0.25, 0.3) is 0 Å². The van der Waals surface area contributed by atoms with E-state index in [0.717, 1.165) is 29.4 Å². The zero-order chi connectivity index (χ0) is 18.4. The Morgan fingerprint density at radius 1 is 0.923 bits per heavy atom. The minimum atomic E-state index is -0.0967. The van der Waals surface area contributed by atoms with Crippen LogP contribution in [0.4, 0.5) is 17.1 Å². The fourth-order valence-corrected chi connectivity index (χ4v) is 3.61. The van der Waals surface area contributed by atoms with E-state index >= 15 is 0 Å². The third kappa shape index (κ3) is 5.26. The van der Waals surface area contributed by atoms with Gasteiger partial charge in [-0.25, -0.2) is 0 Å². The number of nitrogens with one attached hydrogen (secondary N) is 2. The van der Waals surface area contributed by atoms with Crippen LogP contribution in [0.15, 0.2) is 53.4 Å². The van der Waals surface area contributed by atoms with E-state index in [-0.39, 0.29) is 11.8 Å². The van der Waals surface area contributed by atoms with E-state index in [4.69, 9.17) is 0 Å². The summed E-state index contributed by atoms with van der Waals surface area (Å²) in [5.41, 5.74) is 2.79. The van der Waals surface area contributed by atoms with Gasteiger partial charge in [0.2, 0.25) is 11.8 Å². The van der Waals surface area contributed by atoms with Crippen molar-refractivity contribution in [2.75, 3.05) is 34.4 Å². The molecule has 0 unspecified atom stereocenters. The molecule has 1 aliphatic heterocycles. The highest BCUT2D eigenvalue weighted by molar-refractivity contribution is 8.00. The van der Waals surface area contributed by atoms with E-state index in [1.165, 1.54) is 37.2 Å². The molecule has 0 saturated carbocycles. The number of hydrogen-bond acceptors (Lipinski definition) is 4. The lowest BCUT2D eigenvalue weighted by Gasteiger charge is -2.17. The molecule has 3 rings (SSSR count). The number of rotatable bonds is 6. The topological polar surface area (TPSA) is 61.4 Å². The number of hydrogen-bond donors (Lipinski definition) is 2. The van der Waals surface area contributed by atoms with E-state index in [2.05, 4.69) is 27.7 Å². The Morgan fingerprint density at radius 2 is 1.50 bits per heavy atom. The quantitative estimate of drug-likeness (QED) is 0.756. The first-order valence-electron chi connectivity index (χ1n) is 8.75. The van der Waals surface area contributed by atoms with Gasteiger partial charge in [0.05, 0.1) is 5.75 Å². The molecule has 0 spiro atoms. The average molecular weight is 369 g/mol. The zero-order valence-corrected chi connectivity index (χ0v) is 15.6. The standard InChI is InChI=1S/C20H23N3O2S/c1-15(24)21-16-6-10-19(11-7-16)26-14-20(25)22-17-4-8-18(9-5-17)23-12-2-3-13-23/h4-11H,2-3,12-14H2,1H3,(H,21,24)(H,22,25). The molecule has 2 N–H and O–H groups in total. The molecule has 5 nitrogen and oxygen atoms in total. The predicted octanol–water partition coefficient (Wildman–Crippen LogP) is 3.98. The van der Waals surface area contributed by atoms with Gasteiger partial charge in [0, 0.05) is 42.0 Å². The lowest BCUT2D eigenvalue weighted by Crippen LogP contribution is -2.18. The maximum Gasteiger partial charge on any atom is 0.234 e. The van der Waals surface area contributed by atoms with Gasteiger partial charge < -0.3 is 15.5 Å². The first kappa shape index (κ1) is 18.3. The predicted molar refractivity (Wildman–Crippen MR) is 108 cm³/mol. The Balaban J connectivity index is 1.47. The highest BCUT2D eigenvalue weighted by Crippen LogP contribution is 2.23. The van der Waals surface area contributed by atoms with Crippen LogP contribution < -0.4 is 15.5 Å². The molecular formula is C20H23N3O2S. The molecule has 6 heteroatoms. The van der Waals surface area contributed by atoms with Crippen LogP contribution in [0, 0.1) is 0 Å². The van der Waals surface area contributed by atoms with Gasteiger partial charge in [-0.1, -0.05) is 0 Å². The van der Waals surface area contributed by atoms with Crippen LogP contribution in [-0.4, -0.2) is 30.7 Å². The number of anilines is 3. The second kappa shape index (κ2) is 8.76. The molecule has 2 amide bonds. The summed E-state index contributed by atoms with van der Waals surface area (Å²) in [6, 6.07) is 15.5. The number of carbonyl (C=O) groups excluding carboxylic acids is 2. The van der Waals surface area contributed by atoms with E-state index in [1.807, 2.05) is 36.4 Å². The molecular weight excluding hydrogens is 346 g/mol. The van der Waals surface area contributed by atoms with Crippen LogP contribution in [0.2, 0.25) is 0 Å². The summed E-state index contributed by atoms with van der Waals surface area (Å²) in [6.07, 6.45) is 2.50. The van der Waals surface area contributed by atoms with Crippen molar-refractivity contribution >= 4 is 40.6 Å². The molecule has 1 saturated heterocycles. The summed E-state index contributed by atoms with van der Waals surface area (Å²) in [7, 11) is 0. The van der Waals surface area contributed by atoms with Gasteiger partial charge in [-0.05, 0) is 61.4 Å². The van der Waals surface area contributed by atoms with E-state index < -0.39 is 0 Å². The van der Waals surface area contributed by atoms with Gasteiger partial charge in [0.15, 0.2) is 0 Å². The largest absolute Gasteiger partial charge is 0.372 e. The Bertz CT molecular complexity index is 754. The van der Waals surface area contributed by atoms with Crippen molar-refractivity contribution in [3.8, 4) is 0 Å². The van der Waals surface area contributed by atoms with E-state index in [0.29, 0.717) is 5.75 Å². The molecule has 0 aromatic heterocycles. The molecule has 2 aromatic carbocycles. The number of amides is 2. The maximum atomic E-state index is 12.1. The first-order valence-corrected chi connectivity index (χ1v) is 9.74. The van der Waals surface area contributed by atoms with Gasteiger partial charge in [-0.15, -0.1) is 11.8 Å². The van der Waals surface area contributed by atoms with Crippen LogP contribution >= 0.6 is 11.8 Å². The van der Waals surface area contributed by atoms with Crippen molar-refractivity contribution in [1.82, 2.24) is 0 Å². The molecule has 0 aliphatic carbocycles. The van der Waals surface area contributed by atoms with Crippen LogP contribution in [0.5, 0.6) is 0 Å². The summed E-state index contributed by atoms with van der Waals surface area (Å²) in [5.74, 6) is 0.211. The van der Waals surface area contributed by atoms with Gasteiger partial charge in [0.1, 0.15) is 0 Å². The van der Waals surface area contributed by atoms with Crippen LogP contribution in [-0.2, 0) is 9.59 Å². The molecule has 0 atom stereocenters. The highest BCUT2D eigenvalue weighted by atomic mass is 32.2. The van der Waals surface area contributed by atoms with E-state index in [1.54, 1.807) is 0 Å². The molecule has 136 valence electrons. The molecule has 26 heavy (non-hydrogen) atoms. The number of benzene rings is 2. The lowest BCUT2D eigenvalue weighted by atomic mass is 10.2. The second-order valence-electron chi connectivity index (χ2n) is 6.28. The van der Waals surface area contributed by atoms with Crippen LogP contribution in [0.25, 0.3) is 0 Å². The minimum absolute atomic E-state index is 0.0325. The molecule has 0 radical (unpaired) electrons. The third-order valence-corrected chi connectivity index (χ3v) is 5.18. The van der Waals surface area contributed by atoms with Crippen LogP contribution in [0.1, 0.15) is 19.8 Å². The van der Waals surface area contributed by atoms with Crippen molar-refractivity contribution in [3.63, 3.8) is 0 Å². The van der Waals surface area contributed by atoms with Crippen molar-refractivity contribution in [3.05, 3.63) is 48.5 Å². The monoisotopic (exact) mass is 369 g/mol. The summed E-state index contributed by atoms with van der Waals surface area (Å²) in [6.45, 7) is 3.71. The first-order chi connectivity index (χ1) is 12.6. The summed E-state index contributed by atoms with van der Waals surface area (Å²) >= 11 is 1.47. The van der Waals surface area contributed by atoms with Crippen molar-refractivity contribution in [2.24, 2.45) is 0 Å². The summed E-state index contributed by atoms with van der Waals surface area (Å²) in [4.78, 5) is 26.5. The molecule has 0 bridgehead atoms. The summed E-state index contributed by atoms with van der Waals surface area (Å²) < 4.78 is 0. The Hall–Kier alpha value is -2.47. The average Bonchev–Trinajstić information content (AvgIpc) is 3.16. The SMILES string of the molecule is CC(=O)Nc1ccc(SCC(=O)Nc2ccc(N3CCCC3)cc2)cc1. The van der Waals surface area contributed by atoms with Crippen molar-refractivity contribution < 1.29 is 9.59 Å². The smallest absolute Gasteiger partial charge is 0.234 e. The van der Waals surface area contributed by atoms with Crippen LogP contribution in [0.3, 0.4) is 0 Å². The van der Waals surface area contributed by atoms with E-state index in [9.17, 15) is 9.59 Å². The van der Waals surface area contributed by atoms with Gasteiger partial charge in [-0.3, -0.25) is 9.59 Å². The highest BCUT2D eigenvalue weighted by Gasteiger charge is 2.12. The Labute approximate surface area is 158 Å². The zero-order valence-electron chi connectivity index (χ0n) is 14.8.